The fourth-order valence-electron chi connectivity index (χ4n) is 2.53. The van der Waals surface area contributed by atoms with Crippen LogP contribution in [0.3, 0.4) is 0 Å². The normalized spacial score (nSPS) is 10.6. The van der Waals surface area contributed by atoms with E-state index in [1.165, 1.54) is 18.4 Å². The van der Waals surface area contributed by atoms with Crippen LogP contribution < -0.4 is 0 Å². The summed E-state index contributed by atoms with van der Waals surface area (Å²) in [6.07, 6.45) is 4.48. The molecule has 21 heavy (non-hydrogen) atoms. The fraction of sp³-hybridized carbons (Fsp3) is 0.316. The molecule has 0 saturated carbocycles. The van der Waals surface area contributed by atoms with Gasteiger partial charge in [0.2, 0.25) is 0 Å². The van der Waals surface area contributed by atoms with E-state index >= 15 is 0 Å². The summed E-state index contributed by atoms with van der Waals surface area (Å²) in [5, 5.41) is 0. The lowest BCUT2D eigenvalue weighted by atomic mass is 9.93. The third-order valence-corrected chi connectivity index (χ3v) is 4.09. The first-order valence-corrected chi connectivity index (χ1v) is 8.00. The molecule has 0 aliphatic rings. The third kappa shape index (κ3) is 3.98. The van der Waals surface area contributed by atoms with Crippen molar-refractivity contribution in [1.82, 2.24) is 0 Å². The van der Waals surface area contributed by atoms with E-state index in [1.807, 2.05) is 36.4 Å². The third-order valence-electron chi connectivity index (χ3n) is 3.70. The Morgan fingerprint density at radius 3 is 2.52 bits per heavy atom. The number of carbonyl (C=O) groups is 1. The van der Waals surface area contributed by atoms with Crippen LogP contribution in [0.5, 0.6) is 0 Å². The lowest BCUT2D eigenvalue weighted by molar-refractivity contribution is 0.103. The molecule has 0 spiro atoms. The van der Waals surface area contributed by atoms with Crippen LogP contribution in [0.4, 0.5) is 0 Å². The van der Waals surface area contributed by atoms with Crippen molar-refractivity contribution in [2.45, 2.75) is 44.4 Å². The van der Waals surface area contributed by atoms with Crippen LogP contribution in [0.25, 0.3) is 0 Å². The molecule has 0 fully saturated rings. The van der Waals surface area contributed by atoms with Gasteiger partial charge in [-0.3, -0.25) is 4.79 Å². The van der Waals surface area contributed by atoms with Crippen molar-refractivity contribution < 1.29 is 4.79 Å². The first kappa shape index (κ1) is 15.8. The van der Waals surface area contributed by atoms with E-state index in [2.05, 4.69) is 32.5 Å². The zero-order chi connectivity index (χ0) is 15.2. The molecule has 2 rings (SSSR count). The van der Waals surface area contributed by atoms with E-state index in [9.17, 15) is 4.79 Å². The van der Waals surface area contributed by atoms with Crippen molar-refractivity contribution in [3.8, 4) is 0 Å². The molecule has 0 amide bonds. The van der Waals surface area contributed by atoms with Crippen LogP contribution in [0.1, 0.15) is 53.2 Å². The van der Waals surface area contributed by atoms with Gasteiger partial charge in [-0.15, -0.1) is 12.6 Å². The van der Waals surface area contributed by atoms with E-state index in [0.717, 1.165) is 28.9 Å². The zero-order valence-electron chi connectivity index (χ0n) is 12.7. The summed E-state index contributed by atoms with van der Waals surface area (Å²) in [4.78, 5) is 13.5. The van der Waals surface area contributed by atoms with E-state index in [0.29, 0.717) is 5.56 Å². The van der Waals surface area contributed by atoms with Crippen LogP contribution in [-0.2, 0) is 6.42 Å². The number of ketones is 1. The molecule has 0 aliphatic carbocycles. The van der Waals surface area contributed by atoms with Crippen molar-refractivity contribution >= 4 is 18.4 Å². The predicted octanol–water partition coefficient (Wildman–Crippen LogP) is 5.25. The highest BCUT2D eigenvalue weighted by Gasteiger charge is 2.15. The maximum atomic E-state index is 12.8. The molecule has 0 saturated heterocycles. The topological polar surface area (TPSA) is 17.1 Å². The minimum atomic E-state index is 0.0760. The highest BCUT2D eigenvalue weighted by atomic mass is 32.1. The van der Waals surface area contributed by atoms with Crippen LogP contribution >= 0.6 is 12.6 Å². The van der Waals surface area contributed by atoms with Crippen molar-refractivity contribution in [2.75, 3.05) is 0 Å². The van der Waals surface area contributed by atoms with Gasteiger partial charge in [0.05, 0.1) is 0 Å². The molecule has 0 bridgehead atoms. The van der Waals surface area contributed by atoms with E-state index < -0.39 is 0 Å². The van der Waals surface area contributed by atoms with E-state index in [4.69, 9.17) is 0 Å². The Labute approximate surface area is 132 Å². The fourth-order valence-corrected chi connectivity index (χ4v) is 2.79. The predicted molar refractivity (Wildman–Crippen MR) is 91.5 cm³/mol. The van der Waals surface area contributed by atoms with Crippen molar-refractivity contribution in [3.63, 3.8) is 0 Å². The summed E-state index contributed by atoms with van der Waals surface area (Å²) >= 11 is 4.41. The van der Waals surface area contributed by atoms with Gasteiger partial charge in [0.25, 0.3) is 0 Å². The number of benzene rings is 2. The number of aryl methyl sites for hydroxylation is 2. The summed E-state index contributed by atoms with van der Waals surface area (Å²) < 4.78 is 0. The Balaban J connectivity index is 2.34. The Morgan fingerprint density at radius 1 is 1.05 bits per heavy atom. The van der Waals surface area contributed by atoms with Crippen LogP contribution in [0.15, 0.2) is 47.4 Å². The molecule has 2 heteroatoms. The van der Waals surface area contributed by atoms with Crippen LogP contribution in [0.2, 0.25) is 0 Å². The van der Waals surface area contributed by atoms with Gasteiger partial charge in [-0.25, -0.2) is 0 Å². The van der Waals surface area contributed by atoms with E-state index in [1.54, 1.807) is 0 Å². The van der Waals surface area contributed by atoms with Gasteiger partial charge in [0.15, 0.2) is 5.78 Å². The maximum absolute atomic E-state index is 12.8. The molecule has 1 nitrogen and oxygen atoms in total. The van der Waals surface area contributed by atoms with Gasteiger partial charge < -0.3 is 0 Å². The zero-order valence-corrected chi connectivity index (χ0v) is 13.6. The average Bonchev–Trinajstić information content (AvgIpc) is 2.47. The summed E-state index contributed by atoms with van der Waals surface area (Å²) in [7, 11) is 0. The largest absolute Gasteiger partial charge is 0.289 e. The quantitative estimate of drug-likeness (QED) is 0.438. The summed E-state index contributed by atoms with van der Waals surface area (Å²) in [5.74, 6) is 0.0760. The lowest BCUT2D eigenvalue weighted by Gasteiger charge is -2.11. The molecule has 2 aromatic rings. The molecule has 0 atom stereocenters. The summed E-state index contributed by atoms with van der Waals surface area (Å²) in [6.45, 7) is 4.27. The second-order valence-electron chi connectivity index (χ2n) is 5.46. The first-order chi connectivity index (χ1) is 10.1. The molecule has 0 N–H and O–H groups in total. The lowest BCUT2D eigenvalue weighted by Crippen LogP contribution is -2.07. The smallest absolute Gasteiger partial charge is 0.194 e. The van der Waals surface area contributed by atoms with Gasteiger partial charge in [0.1, 0.15) is 0 Å². The molecule has 0 heterocycles. The maximum Gasteiger partial charge on any atom is 0.194 e. The minimum Gasteiger partial charge on any atom is -0.289 e. The van der Waals surface area contributed by atoms with Gasteiger partial charge >= 0.3 is 0 Å². The summed E-state index contributed by atoms with van der Waals surface area (Å²) in [5.41, 5.74) is 3.86. The van der Waals surface area contributed by atoms with Gasteiger partial charge in [-0.05, 0) is 37.5 Å². The second-order valence-corrected chi connectivity index (χ2v) is 5.95. The van der Waals surface area contributed by atoms with Crippen molar-refractivity contribution in [3.05, 3.63) is 64.7 Å². The molecular formula is C19H22OS. The van der Waals surface area contributed by atoms with Gasteiger partial charge in [-0.2, -0.15) is 0 Å². The minimum absolute atomic E-state index is 0.0760. The molecule has 110 valence electrons. The second kappa shape index (κ2) is 7.46. The van der Waals surface area contributed by atoms with Crippen LogP contribution in [-0.4, -0.2) is 5.78 Å². The summed E-state index contributed by atoms with van der Waals surface area (Å²) in [6, 6.07) is 13.6. The Kier molecular flexibility index (Phi) is 5.63. The van der Waals surface area contributed by atoms with Crippen LogP contribution in [0, 0.1) is 6.92 Å². The highest BCUT2D eigenvalue weighted by Crippen LogP contribution is 2.22. The first-order valence-electron chi connectivity index (χ1n) is 7.55. The number of hydrogen-bond acceptors (Lipinski definition) is 2. The highest BCUT2D eigenvalue weighted by molar-refractivity contribution is 7.80. The monoisotopic (exact) mass is 298 g/mol. The SMILES string of the molecule is CCCCCc1cc(C)ccc1C(=O)c1ccccc1S. The standard InChI is InChI=1S/C19H22OS/c1-3-4-5-8-15-13-14(2)11-12-16(15)19(20)17-9-6-7-10-18(17)21/h6-7,9-13,21H,3-5,8H2,1-2H3. The van der Waals surface area contributed by atoms with Gasteiger partial charge in [0, 0.05) is 16.0 Å². The Morgan fingerprint density at radius 2 is 1.81 bits per heavy atom. The molecule has 0 radical (unpaired) electrons. The number of unbranched alkanes of at least 4 members (excludes halogenated alkanes) is 2. The molecule has 2 aromatic carbocycles. The Hall–Kier alpha value is -1.54. The molecular weight excluding hydrogens is 276 g/mol. The molecule has 0 aromatic heterocycles. The number of hydrogen-bond donors (Lipinski definition) is 1. The Bertz CT molecular complexity index is 631. The van der Waals surface area contributed by atoms with Crippen molar-refractivity contribution in [2.24, 2.45) is 0 Å². The number of thiol groups is 1. The van der Waals surface area contributed by atoms with Crippen molar-refractivity contribution in [1.29, 1.82) is 0 Å². The number of carbonyl (C=O) groups excluding carboxylic acids is 1. The number of rotatable bonds is 6. The molecule has 0 aliphatic heterocycles. The van der Waals surface area contributed by atoms with Gasteiger partial charge in [-0.1, -0.05) is 55.7 Å². The molecule has 0 unspecified atom stereocenters. The average molecular weight is 298 g/mol. The van der Waals surface area contributed by atoms with E-state index in [-0.39, 0.29) is 5.78 Å².